The first-order valence-corrected chi connectivity index (χ1v) is 7.98. The summed E-state index contributed by atoms with van der Waals surface area (Å²) in [4.78, 5) is 11.6. The standard InChI is InChI=1S/C16H28N4O/c1-5-20(8-9-21-4)15-11-18-16(12(2)3)19-14(15)10-17-13-6-7-13/h11-13,17H,5-10H2,1-4H3. The number of nitrogens with zero attached hydrogens (tertiary/aromatic N) is 3. The van der Waals surface area contributed by atoms with Crippen molar-refractivity contribution in [1.29, 1.82) is 0 Å². The molecule has 0 bridgehead atoms. The number of likely N-dealkylation sites (N-methyl/N-ethyl adjacent to an activating group) is 1. The molecular weight excluding hydrogens is 264 g/mol. The Bertz CT molecular complexity index is 446. The van der Waals surface area contributed by atoms with Crippen LogP contribution in [0.3, 0.4) is 0 Å². The van der Waals surface area contributed by atoms with Crippen LogP contribution in [0.25, 0.3) is 0 Å². The zero-order chi connectivity index (χ0) is 15.2. The van der Waals surface area contributed by atoms with Crippen molar-refractivity contribution in [2.45, 2.75) is 52.1 Å². The SMILES string of the molecule is CCN(CCOC)c1cnc(C(C)C)nc1CNC1CC1. The van der Waals surface area contributed by atoms with Gasteiger partial charge in [-0.3, -0.25) is 0 Å². The van der Waals surface area contributed by atoms with E-state index in [9.17, 15) is 0 Å². The Labute approximate surface area is 128 Å². The van der Waals surface area contributed by atoms with Gasteiger partial charge >= 0.3 is 0 Å². The van der Waals surface area contributed by atoms with Gasteiger partial charge in [-0.25, -0.2) is 9.97 Å². The molecule has 2 rings (SSSR count). The van der Waals surface area contributed by atoms with E-state index < -0.39 is 0 Å². The Morgan fingerprint density at radius 2 is 2.19 bits per heavy atom. The maximum atomic E-state index is 5.21. The minimum Gasteiger partial charge on any atom is -0.383 e. The normalized spacial score (nSPS) is 14.7. The van der Waals surface area contributed by atoms with E-state index in [2.05, 4.69) is 36.0 Å². The molecule has 0 amide bonds. The number of nitrogens with one attached hydrogen (secondary N) is 1. The van der Waals surface area contributed by atoms with Crippen molar-refractivity contribution < 1.29 is 4.74 Å². The second-order valence-corrected chi connectivity index (χ2v) is 5.94. The molecule has 0 aromatic carbocycles. The lowest BCUT2D eigenvalue weighted by molar-refractivity contribution is 0.205. The third kappa shape index (κ3) is 4.64. The molecular formula is C16H28N4O. The summed E-state index contributed by atoms with van der Waals surface area (Å²) in [5.41, 5.74) is 2.24. The predicted molar refractivity (Wildman–Crippen MR) is 85.7 cm³/mol. The van der Waals surface area contributed by atoms with Gasteiger partial charge in [-0.1, -0.05) is 13.8 Å². The van der Waals surface area contributed by atoms with Crippen molar-refractivity contribution in [3.05, 3.63) is 17.7 Å². The Morgan fingerprint density at radius 3 is 2.76 bits per heavy atom. The molecule has 1 aromatic heterocycles. The van der Waals surface area contributed by atoms with Gasteiger partial charge in [0.15, 0.2) is 0 Å². The molecule has 0 aliphatic heterocycles. The highest BCUT2D eigenvalue weighted by Crippen LogP contribution is 2.23. The van der Waals surface area contributed by atoms with Crippen LogP contribution in [0.15, 0.2) is 6.20 Å². The quantitative estimate of drug-likeness (QED) is 0.757. The summed E-state index contributed by atoms with van der Waals surface area (Å²) < 4.78 is 5.21. The molecule has 5 nitrogen and oxygen atoms in total. The summed E-state index contributed by atoms with van der Waals surface area (Å²) in [6, 6.07) is 0.685. The van der Waals surface area contributed by atoms with Crippen LogP contribution in [0.2, 0.25) is 0 Å². The topological polar surface area (TPSA) is 50.3 Å². The van der Waals surface area contributed by atoms with Gasteiger partial charge in [0.05, 0.1) is 24.2 Å². The van der Waals surface area contributed by atoms with Gasteiger partial charge in [0, 0.05) is 38.7 Å². The van der Waals surface area contributed by atoms with Crippen molar-refractivity contribution in [2.75, 3.05) is 31.7 Å². The minimum absolute atomic E-state index is 0.354. The second kappa shape index (κ2) is 7.71. The molecule has 1 N–H and O–H groups in total. The van der Waals surface area contributed by atoms with Crippen LogP contribution < -0.4 is 10.2 Å². The molecule has 5 heteroatoms. The molecule has 1 aromatic rings. The Morgan fingerprint density at radius 1 is 1.43 bits per heavy atom. The van der Waals surface area contributed by atoms with Crippen LogP contribution in [-0.2, 0) is 11.3 Å². The first-order chi connectivity index (χ1) is 10.2. The molecule has 0 saturated heterocycles. The lowest BCUT2D eigenvalue weighted by Crippen LogP contribution is -2.30. The van der Waals surface area contributed by atoms with Crippen LogP contribution in [0.5, 0.6) is 0 Å². The van der Waals surface area contributed by atoms with Crippen LogP contribution >= 0.6 is 0 Å². The Kier molecular flexibility index (Phi) is 5.94. The van der Waals surface area contributed by atoms with E-state index in [0.29, 0.717) is 12.0 Å². The van der Waals surface area contributed by atoms with E-state index in [-0.39, 0.29) is 0 Å². The fraction of sp³-hybridized carbons (Fsp3) is 0.750. The van der Waals surface area contributed by atoms with Gasteiger partial charge in [-0.05, 0) is 19.8 Å². The lowest BCUT2D eigenvalue weighted by atomic mass is 10.2. The van der Waals surface area contributed by atoms with Crippen LogP contribution in [0.1, 0.15) is 51.0 Å². The summed E-state index contributed by atoms with van der Waals surface area (Å²) in [7, 11) is 1.74. The number of hydrogen-bond donors (Lipinski definition) is 1. The third-order valence-electron chi connectivity index (χ3n) is 3.80. The fourth-order valence-electron chi connectivity index (χ4n) is 2.28. The summed E-state index contributed by atoms with van der Waals surface area (Å²) >= 11 is 0. The van der Waals surface area contributed by atoms with Gasteiger partial charge in [0.2, 0.25) is 0 Å². The Balaban J connectivity index is 2.18. The van der Waals surface area contributed by atoms with Crippen molar-refractivity contribution in [3.63, 3.8) is 0 Å². The average Bonchev–Trinajstić information content (AvgIpc) is 3.30. The van der Waals surface area contributed by atoms with E-state index >= 15 is 0 Å². The average molecular weight is 292 g/mol. The first kappa shape index (κ1) is 16.2. The van der Waals surface area contributed by atoms with Gasteiger partial charge in [0.1, 0.15) is 5.82 Å². The number of anilines is 1. The molecule has 1 aliphatic rings. The monoisotopic (exact) mass is 292 g/mol. The number of methoxy groups -OCH3 is 1. The number of ether oxygens (including phenoxy) is 1. The fourth-order valence-corrected chi connectivity index (χ4v) is 2.28. The molecule has 0 spiro atoms. The highest BCUT2D eigenvalue weighted by Gasteiger charge is 2.22. The van der Waals surface area contributed by atoms with E-state index in [4.69, 9.17) is 9.72 Å². The first-order valence-electron chi connectivity index (χ1n) is 7.98. The van der Waals surface area contributed by atoms with Gasteiger partial charge in [-0.15, -0.1) is 0 Å². The van der Waals surface area contributed by atoms with Crippen molar-refractivity contribution >= 4 is 5.69 Å². The summed E-state index contributed by atoms with van der Waals surface area (Å²) in [6.07, 6.45) is 4.56. The number of hydrogen-bond acceptors (Lipinski definition) is 5. The molecule has 1 fully saturated rings. The molecule has 1 heterocycles. The van der Waals surface area contributed by atoms with E-state index in [1.807, 2.05) is 6.20 Å². The van der Waals surface area contributed by atoms with Crippen molar-refractivity contribution in [2.24, 2.45) is 0 Å². The van der Waals surface area contributed by atoms with Crippen LogP contribution in [-0.4, -0.2) is 42.8 Å². The largest absolute Gasteiger partial charge is 0.383 e. The van der Waals surface area contributed by atoms with Gasteiger partial charge in [-0.2, -0.15) is 0 Å². The molecule has 118 valence electrons. The molecule has 21 heavy (non-hydrogen) atoms. The van der Waals surface area contributed by atoms with Gasteiger partial charge < -0.3 is 15.0 Å². The second-order valence-electron chi connectivity index (χ2n) is 5.94. The zero-order valence-corrected chi connectivity index (χ0v) is 13.7. The molecule has 0 radical (unpaired) electrons. The molecule has 1 aliphatic carbocycles. The maximum Gasteiger partial charge on any atom is 0.131 e. The molecule has 1 saturated carbocycles. The van der Waals surface area contributed by atoms with E-state index in [1.54, 1.807) is 7.11 Å². The third-order valence-corrected chi connectivity index (χ3v) is 3.80. The van der Waals surface area contributed by atoms with E-state index in [0.717, 1.165) is 43.4 Å². The predicted octanol–water partition coefficient (Wildman–Crippen LogP) is 2.32. The maximum absolute atomic E-state index is 5.21. The zero-order valence-electron chi connectivity index (χ0n) is 13.7. The lowest BCUT2D eigenvalue weighted by Gasteiger charge is -2.25. The summed E-state index contributed by atoms with van der Waals surface area (Å²) in [6.45, 7) is 9.77. The summed E-state index contributed by atoms with van der Waals surface area (Å²) in [5, 5.41) is 3.57. The molecule has 0 atom stereocenters. The number of rotatable bonds is 9. The van der Waals surface area contributed by atoms with Crippen LogP contribution in [0.4, 0.5) is 5.69 Å². The highest BCUT2D eigenvalue weighted by molar-refractivity contribution is 5.49. The number of aromatic nitrogens is 2. The van der Waals surface area contributed by atoms with Crippen molar-refractivity contribution in [1.82, 2.24) is 15.3 Å². The Hall–Kier alpha value is -1.20. The minimum atomic E-state index is 0.354. The van der Waals surface area contributed by atoms with Crippen LogP contribution in [0, 0.1) is 0 Å². The van der Waals surface area contributed by atoms with E-state index in [1.165, 1.54) is 12.8 Å². The smallest absolute Gasteiger partial charge is 0.131 e. The highest BCUT2D eigenvalue weighted by atomic mass is 16.5. The van der Waals surface area contributed by atoms with Gasteiger partial charge in [0.25, 0.3) is 0 Å². The van der Waals surface area contributed by atoms with Crippen molar-refractivity contribution in [3.8, 4) is 0 Å². The summed E-state index contributed by atoms with van der Waals surface area (Å²) in [5.74, 6) is 1.28. The molecule has 0 unspecified atom stereocenters.